The monoisotopic (exact) mass is 477 g/mol. The van der Waals surface area contributed by atoms with Crippen LogP contribution in [0.5, 0.6) is 11.5 Å². The fourth-order valence-electron chi connectivity index (χ4n) is 3.75. The van der Waals surface area contributed by atoms with Crippen LogP contribution in [-0.4, -0.2) is 53.9 Å². The highest BCUT2D eigenvalue weighted by atomic mass is 35.5. The lowest BCUT2D eigenvalue weighted by Gasteiger charge is -2.25. The van der Waals surface area contributed by atoms with Crippen molar-refractivity contribution in [1.29, 1.82) is 0 Å². The molecule has 10 heteroatoms. The number of rotatable bonds is 6. The van der Waals surface area contributed by atoms with Crippen LogP contribution >= 0.6 is 22.9 Å². The van der Waals surface area contributed by atoms with Crippen LogP contribution in [0.15, 0.2) is 30.3 Å². The maximum Gasteiger partial charge on any atom is 0.325 e. The second kappa shape index (κ2) is 8.99. The van der Waals surface area contributed by atoms with E-state index in [1.54, 1.807) is 36.1 Å². The number of hydrogen-bond donors (Lipinski definition) is 1. The highest BCUT2D eigenvalue weighted by molar-refractivity contribution is 7.16. The molecule has 8 nitrogen and oxygen atoms in total. The zero-order valence-corrected chi connectivity index (χ0v) is 19.4. The lowest BCUT2D eigenvalue weighted by Crippen LogP contribution is -2.44. The minimum absolute atomic E-state index is 0.316. The van der Waals surface area contributed by atoms with E-state index in [0.29, 0.717) is 47.7 Å². The zero-order chi connectivity index (χ0) is 22.9. The summed E-state index contributed by atoms with van der Waals surface area (Å²) < 4.78 is 12.0. The zero-order valence-electron chi connectivity index (χ0n) is 17.9. The van der Waals surface area contributed by atoms with Crippen LogP contribution in [-0.2, 0) is 21.7 Å². The molecule has 4 amide bonds. The van der Waals surface area contributed by atoms with Gasteiger partial charge in [-0.15, -0.1) is 11.3 Å². The van der Waals surface area contributed by atoms with Crippen molar-refractivity contribution >= 4 is 40.8 Å². The predicted molar refractivity (Wildman–Crippen MR) is 120 cm³/mol. The lowest BCUT2D eigenvalue weighted by atomic mass is 9.91. The van der Waals surface area contributed by atoms with Gasteiger partial charge in [-0.25, -0.2) is 4.79 Å². The Labute approximate surface area is 195 Å². The van der Waals surface area contributed by atoms with Gasteiger partial charge in [0.15, 0.2) is 11.5 Å². The lowest BCUT2D eigenvalue weighted by molar-refractivity contribution is -0.139. The Balaban J connectivity index is 1.50. The number of nitrogens with zero attached hydrogens (tertiary/aromatic N) is 2. The molecule has 32 heavy (non-hydrogen) atoms. The topological polar surface area (TPSA) is 88.2 Å². The van der Waals surface area contributed by atoms with Crippen LogP contribution in [0.1, 0.15) is 30.7 Å². The van der Waals surface area contributed by atoms with Crippen LogP contribution < -0.4 is 14.8 Å². The van der Waals surface area contributed by atoms with Crippen molar-refractivity contribution in [2.75, 3.05) is 26.3 Å². The quantitative estimate of drug-likeness (QED) is 0.644. The summed E-state index contributed by atoms with van der Waals surface area (Å²) in [5, 5.41) is 2.74. The molecule has 2 aromatic rings. The number of benzene rings is 1. The highest BCUT2D eigenvalue weighted by Gasteiger charge is 2.50. The van der Waals surface area contributed by atoms with Crippen molar-refractivity contribution < 1.29 is 23.9 Å². The maximum atomic E-state index is 13.3. The second-order valence-electron chi connectivity index (χ2n) is 7.77. The number of amides is 4. The molecular weight excluding hydrogens is 454 g/mol. The number of carbonyl (C=O) groups is 3. The molecule has 1 N–H and O–H groups in total. The minimum atomic E-state index is -1.31. The third kappa shape index (κ3) is 4.27. The normalized spacial score (nSPS) is 20.2. The minimum Gasteiger partial charge on any atom is -0.490 e. The van der Waals surface area contributed by atoms with Gasteiger partial charge in [0.25, 0.3) is 5.91 Å². The third-order valence-corrected chi connectivity index (χ3v) is 6.82. The summed E-state index contributed by atoms with van der Waals surface area (Å²) in [5.41, 5.74) is -0.740. The number of fused-ring (bicyclic) bond motifs is 1. The van der Waals surface area contributed by atoms with E-state index < -0.39 is 17.5 Å². The van der Waals surface area contributed by atoms with Gasteiger partial charge < -0.3 is 19.7 Å². The Morgan fingerprint density at radius 1 is 1.22 bits per heavy atom. The van der Waals surface area contributed by atoms with E-state index in [9.17, 15) is 14.4 Å². The van der Waals surface area contributed by atoms with Crippen molar-refractivity contribution in [2.24, 2.45) is 0 Å². The average molecular weight is 478 g/mol. The number of likely N-dealkylation sites (N-methyl/N-ethyl adjacent to an activating group) is 1. The molecule has 0 spiro atoms. The summed E-state index contributed by atoms with van der Waals surface area (Å²) in [4.78, 5) is 42.3. The van der Waals surface area contributed by atoms with Crippen molar-refractivity contribution in [3.05, 3.63) is 45.1 Å². The van der Waals surface area contributed by atoms with Gasteiger partial charge in [-0.3, -0.25) is 14.5 Å². The van der Waals surface area contributed by atoms with Gasteiger partial charge in [-0.2, -0.15) is 0 Å². The molecule has 2 aliphatic rings. The standard InChI is InChI=1S/C22H24ClN3O5S/c1-3-25(12-15-6-8-18(23)32-15)19(27)13-26-20(28)22(2,24-21(26)29)14-5-7-16-17(11-14)31-10-4-9-30-16/h5-8,11H,3-4,9-10,12-13H2,1-2H3,(H,24,29)/t22-/m0/s1. The molecule has 170 valence electrons. The molecule has 0 unspecified atom stereocenters. The summed E-state index contributed by atoms with van der Waals surface area (Å²) in [6.07, 6.45) is 0.762. The molecule has 0 aliphatic carbocycles. The van der Waals surface area contributed by atoms with Gasteiger partial charge in [0, 0.05) is 17.8 Å². The maximum absolute atomic E-state index is 13.3. The van der Waals surface area contributed by atoms with Gasteiger partial charge in [0.2, 0.25) is 5.91 Å². The molecule has 0 radical (unpaired) electrons. The number of thiophene rings is 1. The van der Waals surface area contributed by atoms with Gasteiger partial charge >= 0.3 is 6.03 Å². The van der Waals surface area contributed by atoms with Crippen LogP contribution in [0.25, 0.3) is 0 Å². The molecular formula is C22H24ClN3O5S. The van der Waals surface area contributed by atoms with E-state index in [2.05, 4.69) is 5.32 Å². The van der Waals surface area contributed by atoms with E-state index in [1.165, 1.54) is 11.3 Å². The first kappa shape index (κ1) is 22.4. The average Bonchev–Trinajstić information content (AvgIpc) is 3.16. The first-order valence-electron chi connectivity index (χ1n) is 10.4. The summed E-state index contributed by atoms with van der Waals surface area (Å²) in [6, 6.07) is 8.21. The molecule has 1 aromatic heterocycles. The van der Waals surface area contributed by atoms with Gasteiger partial charge in [0.1, 0.15) is 12.1 Å². The smallest absolute Gasteiger partial charge is 0.325 e. The van der Waals surface area contributed by atoms with E-state index >= 15 is 0 Å². The molecule has 3 heterocycles. The fraction of sp³-hybridized carbons (Fsp3) is 0.409. The largest absolute Gasteiger partial charge is 0.490 e. The van der Waals surface area contributed by atoms with Gasteiger partial charge in [-0.05, 0) is 43.7 Å². The predicted octanol–water partition coefficient (Wildman–Crippen LogP) is 3.38. The summed E-state index contributed by atoms with van der Waals surface area (Å²) in [7, 11) is 0. The molecule has 1 atom stereocenters. The molecule has 1 saturated heterocycles. The summed E-state index contributed by atoms with van der Waals surface area (Å²) in [5.74, 6) is 0.333. The summed E-state index contributed by atoms with van der Waals surface area (Å²) >= 11 is 7.37. The Bertz CT molecular complexity index is 1060. The molecule has 0 saturated carbocycles. The number of urea groups is 1. The third-order valence-electron chi connectivity index (χ3n) is 5.60. The molecule has 4 rings (SSSR count). The highest BCUT2D eigenvalue weighted by Crippen LogP contribution is 2.36. The SMILES string of the molecule is CCN(Cc1ccc(Cl)s1)C(=O)CN1C(=O)N[C@@](C)(c2ccc3c(c2)OCCCO3)C1=O. The number of hydrogen-bond acceptors (Lipinski definition) is 6. The van der Waals surface area contributed by atoms with E-state index in [1.807, 2.05) is 13.0 Å². The number of ether oxygens (including phenoxy) is 2. The first-order chi connectivity index (χ1) is 15.3. The van der Waals surface area contributed by atoms with E-state index in [0.717, 1.165) is 16.2 Å². The van der Waals surface area contributed by atoms with E-state index in [-0.39, 0.29) is 12.5 Å². The van der Waals surface area contributed by atoms with Crippen molar-refractivity contribution in [3.8, 4) is 11.5 Å². The number of imide groups is 1. The van der Waals surface area contributed by atoms with Gasteiger partial charge in [0.05, 0.1) is 24.1 Å². The van der Waals surface area contributed by atoms with Crippen LogP contribution in [0.3, 0.4) is 0 Å². The fourth-order valence-corrected chi connectivity index (χ4v) is 4.85. The van der Waals surface area contributed by atoms with Crippen LogP contribution in [0, 0.1) is 0 Å². The summed E-state index contributed by atoms with van der Waals surface area (Å²) in [6.45, 7) is 5.02. The van der Waals surface area contributed by atoms with Crippen molar-refractivity contribution in [1.82, 2.24) is 15.1 Å². The van der Waals surface area contributed by atoms with Gasteiger partial charge in [-0.1, -0.05) is 17.7 Å². The molecule has 0 bridgehead atoms. The molecule has 1 fully saturated rings. The molecule has 2 aliphatic heterocycles. The second-order valence-corrected chi connectivity index (χ2v) is 9.57. The Hall–Kier alpha value is -2.78. The molecule has 1 aromatic carbocycles. The van der Waals surface area contributed by atoms with Crippen LogP contribution in [0.2, 0.25) is 4.34 Å². The van der Waals surface area contributed by atoms with Crippen LogP contribution in [0.4, 0.5) is 4.79 Å². The Morgan fingerprint density at radius 3 is 2.66 bits per heavy atom. The van der Waals surface area contributed by atoms with E-state index in [4.69, 9.17) is 21.1 Å². The van der Waals surface area contributed by atoms with Crippen molar-refractivity contribution in [2.45, 2.75) is 32.4 Å². The number of carbonyl (C=O) groups excluding carboxylic acids is 3. The number of nitrogens with one attached hydrogen (secondary N) is 1. The Morgan fingerprint density at radius 2 is 1.97 bits per heavy atom. The van der Waals surface area contributed by atoms with Crippen molar-refractivity contribution in [3.63, 3.8) is 0 Å². The Kier molecular flexibility index (Phi) is 6.30. The first-order valence-corrected chi connectivity index (χ1v) is 11.6. The number of halogens is 1.